The molecule has 0 amide bonds. The van der Waals surface area contributed by atoms with E-state index in [-0.39, 0.29) is 17.5 Å². The highest BCUT2D eigenvalue weighted by atomic mass is 16.5. The third-order valence-electron chi connectivity index (χ3n) is 5.83. The van der Waals surface area contributed by atoms with Crippen LogP contribution in [-0.4, -0.2) is 12.1 Å². The van der Waals surface area contributed by atoms with Crippen molar-refractivity contribution in [3.8, 4) is 0 Å². The van der Waals surface area contributed by atoms with E-state index in [9.17, 15) is 4.79 Å². The standard InChI is InChI=1S/C18H28O2/c1-12(2)15-8-13(3)9-16(10-15)20-17(19)18-6-4-14(11-18)5-7-18/h4,6,12-16H,5,7-11H2,1-3H3. The normalized spacial score (nSPS) is 43.2. The molecule has 0 radical (unpaired) electrons. The van der Waals surface area contributed by atoms with Gasteiger partial charge in [-0.1, -0.05) is 32.9 Å². The molecule has 112 valence electrons. The number of allylic oxidation sites excluding steroid dienone is 1. The van der Waals surface area contributed by atoms with Crippen molar-refractivity contribution >= 4 is 5.97 Å². The topological polar surface area (TPSA) is 26.3 Å². The summed E-state index contributed by atoms with van der Waals surface area (Å²) in [7, 11) is 0. The van der Waals surface area contributed by atoms with E-state index in [2.05, 4.69) is 32.9 Å². The van der Waals surface area contributed by atoms with Crippen molar-refractivity contribution in [2.75, 3.05) is 0 Å². The Morgan fingerprint density at radius 1 is 1.30 bits per heavy atom. The number of hydrogen-bond acceptors (Lipinski definition) is 2. The van der Waals surface area contributed by atoms with E-state index in [0.29, 0.717) is 23.7 Å². The van der Waals surface area contributed by atoms with Gasteiger partial charge in [-0.2, -0.15) is 0 Å². The van der Waals surface area contributed by atoms with Crippen LogP contribution in [0.15, 0.2) is 12.2 Å². The SMILES string of the molecule is CC1CC(OC(=O)C23C=CC(CC2)C3)CC(C(C)C)C1. The summed E-state index contributed by atoms with van der Waals surface area (Å²) in [5.74, 6) is 2.79. The van der Waals surface area contributed by atoms with Crippen LogP contribution in [0.4, 0.5) is 0 Å². The molecule has 0 N–H and O–H groups in total. The lowest BCUT2D eigenvalue weighted by molar-refractivity contribution is -0.161. The highest BCUT2D eigenvalue weighted by Gasteiger charge is 2.48. The predicted octanol–water partition coefficient (Wildman–Crippen LogP) is 4.35. The molecule has 0 aromatic carbocycles. The summed E-state index contributed by atoms with van der Waals surface area (Å²) in [6.07, 6.45) is 11.1. The monoisotopic (exact) mass is 276 g/mol. The summed E-state index contributed by atoms with van der Waals surface area (Å²) in [5, 5.41) is 0. The molecule has 20 heavy (non-hydrogen) atoms. The Morgan fingerprint density at radius 2 is 2.10 bits per heavy atom. The zero-order valence-corrected chi connectivity index (χ0v) is 13.1. The van der Waals surface area contributed by atoms with Crippen LogP contribution in [0.2, 0.25) is 0 Å². The molecule has 3 rings (SSSR count). The first kappa shape index (κ1) is 14.2. The van der Waals surface area contributed by atoms with Crippen LogP contribution in [0.5, 0.6) is 0 Å². The molecule has 3 aliphatic carbocycles. The molecule has 2 bridgehead atoms. The molecule has 2 saturated carbocycles. The van der Waals surface area contributed by atoms with Gasteiger partial charge < -0.3 is 4.74 Å². The van der Waals surface area contributed by atoms with E-state index >= 15 is 0 Å². The van der Waals surface area contributed by atoms with Gasteiger partial charge >= 0.3 is 5.97 Å². The Labute approximate surface area is 123 Å². The number of fused-ring (bicyclic) bond motifs is 2. The van der Waals surface area contributed by atoms with Crippen LogP contribution in [0, 0.1) is 29.1 Å². The first-order valence-corrected chi connectivity index (χ1v) is 8.39. The van der Waals surface area contributed by atoms with Gasteiger partial charge in [0.15, 0.2) is 0 Å². The quantitative estimate of drug-likeness (QED) is 0.566. The fraction of sp³-hybridized carbons (Fsp3) is 0.833. The summed E-state index contributed by atoms with van der Waals surface area (Å²) in [4.78, 5) is 12.6. The van der Waals surface area contributed by atoms with E-state index in [0.717, 1.165) is 25.7 Å². The summed E-state index contributed by atoms with van der Waals surface area (Å²) < 4.78 is 5.96. The second-order valence-corrected chi connectivity index (χ2v) is 7.86. The highest BCUT2D eigenvalue weighted by molar-refractivity contribution is 5.80. The molecular formula is C18H28O2. The third-order valence-corrected chi connectivity index (χ3v) is 5.83. The molecule has 3 aliphatic rings. The highest BCUT2D eigenvalue weighted by Crippen LogP contribution is 2.50. The molecule has 0 aromatic rings. The van der Waals surface area contributed by atoms with Gasteiger partial charge in [-0.05, 0) is 62.2 Å². The summed E-state index contributed by atoms with van der Waals surface area (Å²) in [5.41, 5.74) is -0.251. The molecule has 5 atom stereocenters. The van der Waals surface area contributed by atoms with Crippen LogP contribution in [0.3, 0.4) is 0 Å². The number of carbonyl (C=O) groups excluding carboxylic acids is 1. The van der Waals surface area contributed by atoms with Crippen molar-refractivity contribution in [1.82, 2.24) is 0 Å². The maximum absolute atomic E-state index is 12.6. The molecule has 2 fully saturated rings. The molecule has 0 aromatic heterocycles. The number of rotatable bonds is 3. The zero-order chi connectivity index (χ0) is 14.3. The zero-order valence-electron chi connectivity index (χ0n) is 13.1. The first-order valence-electron chi connectivity index (χ1n) is 8.39. The number of esters is 1. The van der Waals surface area contributed by atoms with E-state index in [4.69, 9.17) is 4.74 Å². The van der Waals surface area contributed by atoms with Gasteiger partial charge in [0, 0.05) is 0 Å². The lowest BCUT2D eigenvalue weighted by atomic mass is 9.75. The minimum absolute atomic E-state index is 0.0651. The van der Waals surface area contributed by atoms with E-state index in [1.807, 2.05) is 0 Å². The summed E-state index contributed by atoms with van der Waals surface area (Å²) in [6, 6.07) is 0. The smallest absolute Gasteiger partial charge is 0.316 e. The summed E-state index contributed by atoms with van der Waals surface area (Å²) in [6.45, 7) is 6.89. The second-order valence-electron chi connectivity index (χ2n) is 7.86. The fourth-order valence-electron chi connectivity index (χ4n) is 4.51. The van der Waals surface area contributed by atoms with Crippen molar-refractivity contribution in [3.63, 3.8) is 0 Å². The van der Waals surface area contributed by atoms with E-state index in [1.165, 1.54) is 12.8 Å². The molecule has 0 aliphatic heterocycles. The van der Waals surface area contributed by atoms with Gasteiger partial charge in [-0.3, -0.25) is 4.79 Å². The Morgan fingerprint density at radius 3 is 2.65 bits per heavy atom. The van der Waals surface area contributed by atoms with Gasteiger partial charge in [0.2, 0.25) is 0 Å². The lowest BCUT2D eigenvalue weighted by Gasteiger charge is -2.36. The maximum atomic E-state index is 12.6. The van der Waals surface area contributed by atoms with Crippen molar-refractivity contribution in [2.45, 2.75) is 65.4 Å². The van der Waals surface area contributed by atoms with Crippen LogP contribution >= 0.6 is 0 Å². The average Bonchev–Trinajstić information content (AvgIpc) is 2.99. The minimum Gasteiger partial charge on any atom is -0.462 e. The van der Waals surface area contributed by atoms with Gasteiger partial charge in [0.1, 0.15) is 6.10 Å². The largest absolute Gasteiger partial charge is 0.462 e. The number of ether oxygens (including phenoxy) is 1. The van der Waals surface area contributed by atoms with Gasteiger partial charge in [-0.25, -0.2) is 0 Å². The Bertz CT molecular complexity index is 412. The van der Waals surface area contributed by atoms with Gasteiger partial charge in [0.25, 0.3) is 0 Å². The van der Waals surface area contributed by atoms with Gasteiger partial charge in [0.05, 0.1) is 5.41 Å². The molecule has 0 saturated heterocycles. The lowest BCUT2D eigenvalue weighted by Crippen LogP contribution is -2.36. The number of carbonyl (C=O) groups is 1. The average molecular weight is 276 g/mol. The maximum Gasteiger partial charge on any atom is 0.316 e. The molecule has 0 heterocycles. The van der Waals surface area contributed by atoms with Crippen LogP contribution in [-0.2, 0) is 9.53 Å². The van der Waals surface area contributed by atoms with Crippen LogP contribution in [0.25, 0.3) is 0 Å². The van der Waals surface area contributed by atoms with E-state index < -0.39 is 0 Å². The number of hydrogen-bond donors (Lipinski definition) is 0. The van der Waals surface area contributed by atoms with Crippen molar-refractivity contribution in [1.29, 1.82) is 0 Å². The Kier molecular flexibility index (Phi) is 3.68. The van der Waals surface area contributed by atoms with Crippen molar-refractivity contribution in [3.05, 3.63) is 12.2 Å². The van der Waals surface area contributed by atoms with Gasteiger partial charge in [-0.15, -0.1) is 0 Å². The minimum atomic E-state index is -0.251. The first-order chi connectivity index (χ1) is 9.48. The van der Waals surface area contributed by atoms with Crippen LogP contribution in [0.1, 0.15) is 59.3 Å². The Balaban J connectivity index is 1.62. The molecule has 0 spiro atoms. The molecule has 2 heteroatoms. The summed E-state index contributed by atoms with van der Waals surface area (Å²) >= 11 is 0. The van der Waals surface area contributed by atoms with Crippen LogP contribution < -0.4 is 0 Å². The third kappa shape index (κ3) is 2.54. The van der Waals surface area contributed by atoms with Crippen molar-refractivity contribution < 1.29 is 9.53 Å². The fourth-order valence-corrected chi connectivity index (χ4v) is 4.51. The van der Waals surface area contributed by atoms with Crippen molar-refractivity contribution in [2.24, 2.45) is 29.1 Å². The molecule has 5 unspecified atom stereocenters. The second kappa shape index (κ2) is 5.20. The Hall–Kier alpha value is -0.790. The predicted molar refractivity (Wildman–Crippen MR) is 80.1 cm³/mol. The molecule has 2 nitrogen and oxygen atoms in total. The van der Waals surface area contributed by atoms with E-state index in [1.54, 1.807) is 0 Å². The molecular weight excluding hydrogens is 248 g/mol.